The molecule has 1 fully saturated rings. The number of aromatic nitrogens is 1. The highest BCUT2D eigenvalue weighted by molar-refractivity contribution is 7.13. The summed E-state index contributed by atoms with van der Waals surface area (Å²) in [7, 11) is 0. The first-order chi connectivity index (χ1) is 9.00. The SMILES string of the molecule is CC(C)c1nc(C(C)C)c(C(=O)N2CCNCC2)s1. The second kappa shape index (κ2) is 6.01. The Labute approximate surface area is 119 Å². The first-order valence-corrected chi connectivity index (χ1v) is 7.83. The summed E-state index contributed by atoms with van der Waals surface area (Å²) in [5.41, 5.74) is 0.970. The molecular formula is C14H23N3OS. The molecule has 1 aromatic rings. The van der Waals surface area contributed by atoms with Crippen molar-refractivity contribution in [2.75, 3.05) is 26.2 Å². The molecule has 19 heavy (non-hydrogen) atoms. The molecule has 1 aromatic heterocycles. The number of nitrogens with zero attached hydrogens (tertiary/aromatic N) is 2. The molecule has 2 heterocycles. The highest BCUT2D eigenvalue weighted by Gasteiger charge is 2.26. The Morgan fingerprint density at radius 3 is 2.37 bits per heavy atom. The van der Waals surface area contributed by atoms with Crippen LogP contribution in [0.25, 0.3) is 0 Å². The van der Waals surface area contributed by atoms with Crippen molar-refractivity contribution in [1.82, 2.24) is 15.2 Å². The Balaban J connectivity index is 2.28. The lowest BCUT2D eigenvalue weighted by molar-refractivity contribution is 0.0739. The molecule has 5 heteroatoms. The van der Waals surface area contributed by atoms with E-state index in [1.807, 2.05) is 4.90 Å². The number of nitrogens with one attached hydrogen (secondary N) is 1. The lowest BCUT2D eigenvalue weighted by Crippen LogP contribution is -2.46. The second-order valence-electron chi connectivity index (χ2n) is 5.62. The van der Waals surface area contributed by atoms with Gasteiger partial charge in [-0.05, 0) is 5.92 Å². The molecule has 2 rings (SSSR count). The van der Waals surface area contributed by atoms with Gasteiger partial charge in [0.25, 0.3) is 5.91 Å². The number of rotatable bonds is 3. The van der Waals surface area contributed by atoms with E-state index in [2.05, 4.69) is 38.0 Å². The van der Waals surface area contributed by atoms with Gasteiger partial charge >= 0.3 is 0 Å². The number of thiazole rings is 1. The molecule has 106 valence electrons. The molecular weight excluding hydrogens is 258 g/mol. The number of carbonyl (C=O) groups excluding carboxylic acids is 1. The summed E-state index contributed by atoms with van der Waals surface area (Å²) in [4.78, 5) is 20.1. The van der Waals surface area contributed by atoms with Gasteiger partial charge in [-0.1, -0.05) is 27.7 Å². The third kappa shape index (κ3) is 3.15. The Bertz CT molecular complexity index is 448. The minimum atomic E-state index is 0.162. The fourth-order valence-electron chi connectivity index (χ4n) is 2.15. The van der Waals surface area contributed by atoms with Crippen LogP contribution < -0.4 is 5.32 Å². The zero-order valence-electron chi connectivity index (χ0n) is 12.2. The molecule has 0 spiro atoms. The van der Waals surface area contributed by atoms with Crippen molar-refractivity contribution in [3.63, 3.8) is 0 Å². The van der Waals surface area contributed by atoms with E-state index in [0.717, 1.165) is 41.8 Å². The third-order valence-corrected chi connectivity index (χ3v) is 4.67. The lowest BCUT2D eigenvalue weighted by atomic mass is 10.1. The largest absolute Gasteiger partial charge is 0.335 e. The van der Waals surface area contributed by atoms with Crippen molar-refractivity contribution >= 4 is 17.2 Å². The van der Waals surface area contributed by atoms with Crippen LogP contribution in [0.3, 0.4) is 0 Å². The number of hydrogen-bond donors (Lipinski definition) is 1. The van der Waals surface area contributed by atoms with Crippen molar-refractivity contribution in [3.05, 3.63) is 15.6 Å². The highest BCUT2D eigenvalue weighted by atomic mass is 32.1. The van der Waals surface area contributed by atoms with Crippen LogP contribution in [0.5, 0.6) is 0 Å². The van der Waals surface area contributed by atoms with Gasteiger partial charge in [0.05, 0.1) is 10.7 Å². The average molecular weight is 281 g/mol. The summed E-state index contributed by atoms with van der Waals surface area (Å²) in [6.07, 6.45) is 0. The van der Waals surface area contributed by atoms with Gasteiger partial charge in [0.1, 0.15) is 4.88 Å². The van der Waals surface area contributed by atoms with Gasteiger partial charge in [-0.25, -0.2) is 4.98 Å². The third-order valence-electron chi connectivity index (χ3n) is 3.31. The molecule has 4 nitrogen and oxygen atoms in total. The maximum Gasteiger partial charge on any atom is 0.265 e. The van der Waals surface area contributed by atoms with Crippen LogP contribution in [0.2, 0.25) is 0 Å². The summed E-state index contributed by atoms with van der Waals surface area (Å²) in [5, 5.41) is 4.35. The molecule has 0 unspecified atom stereocenters. The molecule has 1 amide bonds. The molecule has 0 atom stereocenters. The van der Waals surface area contributed by atoms with Crippen LogP contribution >= 0.6 is 11.3 Å². The molecule has 0 aromatic carbocycles. The highest BCUT2D eigenvalue weighted by Crippen LogP contribution is 2.30. The van der Waals surface area contributed by atoms with Crippen molar-refractivity contribution in [1.29, 1.82) is 0 Å². The van der Waals surface area contributed by atoms with Gasteiger partial charge in [-0.3, -0.25) is 4.79 Å². The van der Waals surface area contributed by atoms with E-state index in [-0.39, 0.29) is 5.91 Å². The van der Waals surface area contributed by atoms with E-state index in [1.165, 1.54) is 0 Å². The molecule has 1 N–H and O–H groups in total. The van der Waals surface area contributed by atoms with E-state index in [0.29, 0.717) is 11.8 Å². The van der Waals surface area contributed by atoms with Gasteiger partial charge in [0.15, 0.2) is 0 Å². The molecule has 0 radical (unpaired) electrons. The molecule has 1 saturated heterocycles. The monoisotopic (exact) mass is 281 g/mol. The summed E-state index contributed by atoms with van der Waals surface area (Å²) >= 11 is 1.57. The lowest BCUT2D eigenvalue weighted by Gasteiger charge is -2.27. The van der Waals surface area contributed by atoms with Crippen LogP contribution in [0, 0.1) is 0 Å². The fraction of sp³-hybridized carbons (Fsp3) is 0.714. The Morgan fingerprint density at radius 1 is 1.21 bits per heavy atom. The fourth-order valence-corrected chi connectivity index (χ4v) is 3.34. The zero-order chi connectivity index (χ0) is 14.0. The quantitative estimate of drug-likeness (QED) is 0.925. The van der Waals surface area contributed by atoms with Crippen molar-refractivity contribution in [2.45, 2.75) is 39.5 Å². The minimum absolute atomic E-state index is 0.162. The summed E-state index contributed by atoms with van der Waals surface area (Å²) in [5.74, 6) is 0.840. The molecule has 1 aliphatic rings. The van der Waals surface area contributed by atoms with E-state index >= 15 is 0 Å². The molecule has 1 aliphatic heterocycles. The normalized spacial score (nSPS) is 16.4. The Kier molecular flexibility index (Phi) is 4.58. The van der Waals surface area contributed by atoms with Crippen LogP contribution in [0.1, 0.15) is 59.9 Å². The van der Waals surface area contributed by atoms with Gasteiger partial charge in [0.2, 0.25) is 0 Å². The predicted molar refractivity (Wildman–Crippen MR) is 79.1 cm³/mol. The maximum atomic E-state index is 12.6. The van der Waals surface area contributed by atoms with E-state index < -0.39 is 0 Å². The second-order valence-corrected chi connectivity index (χ2v) is 6.65. The topological polar surface area (TPSA) is 45.2 Å². The number of piperazine rings is 1. The van der Waals surface area contributed by atoms with Crippen LogP contribution in [0.4, 0.5) is 0 Å². The molecule has 0 saturated carbocycles. The van der Waals surface area contributed by atoms with Crippen molar-refractivity contribution < 1.29 is 4.79 Å². The molecule has 0 bridgehead atoms. The Morgan fingerprint density at radius 2 is 1.84 bits per heavy atom. The van der Waals surface area contributed by atoms with E-state index in [4.69, 9.17) is 0 Å². The van der Waals surface area contributed by atoms with Crippen LogP contribution in [-0.2, 0) is 0 Å². The summed E-state index contributed by atoms with van der Waals surface area (Å²) in [6, 6.07) is 0. The van der Waals surface area contributed by atoms with Crippen molar-refractivity contribution in [3.8, 4) is 0 Å². The zero-order valence-corrected chi connectivity index (χ0v) is 13.0. The average Bonchev–Trinajstić information content (AvgIpc) is 2.84. The minimum Gasteiger partial charge on any atom is -0.335 e. The van der Waals surface area contributed by atoms with Crippen LogP contribution in [0.15, 0.2) is 0 Å². The first-order valence-electron chi connectivity index (χ1n) is 7.01. The summed E-state index contributed by atoms with van der Waals surface area (Å²) < 4.78 is 0. The van der Waals surface area contributed by atoms with Gasteiger partial charge in [-0.2, -0.15) is 0 Å². The van der Waals surface area contributed by atoms with Gasteiger partial charge in [0, 0.05) is 32.1 Å². The first kappa shape index (κ1) is 14.5. The smallest absolute Gasteiger partial charge is 0.265 e. The number of carbonyl (C=O) groups is 1. The van der Waals surface area contributed by atoms with E-state index in [1.54, 1.807) is 11.3 Å². The number of amides is 1. The Hall–Kier alpha value is -0.940. The molecule has 0 aliphatic carbocycles. The van der Waals surface area contributed by atoms with E-state index in [9.17, 15) is 4.79 Å². The standard InChI is InChI=1S/C14H23N3OS/c1-9(2)11-12(19-13(16-11)10(3)4)14(18)17-7-5-15-6-8-17/h9-10,15H,5-8H2,1-4H3. The number of hydrogen-bond acceptors (Lipinski definition) is 4. The van der Waals surface area contributed by atoms with Crippen molar-refractivity contribution in [2.24, 2.45) is 0 Å². The van der Waals surface area contributed by atoms with Gasteiger partial charge in [-0.15, -0.1) is 11.3 Å². The predicted octanol–water partition coefficient (Wildman–Crippen LogP) is 2.44. The summed E-state index contributed by atoms with van der Waals surface area (Å²) in [6.45, 7) is 11.8. The van der Waals surface area contributed by atoms with Crippen LogP contribution in [-0.4, -0.2) is 42.0 Å². The maximum absolute atomic E-state index is 12.6. The van der Waals surface area contributed by atoms with Gasteiger partial charge < -0.3 is 10.2 Å².